The number of nitrogens with one attached hydrogen (secondary N) is 1. The third-order valence-electron chi connectivity index (χ3n) is 5.80. The molecule has 8 nitrogen and oxygen atoms in total. The first kappa shape index (κ1) is 18.2. The summed E-state index contributed by atoms with van der Waals surface area (Å²) in [6.45, 7) is 0.833. The first-order valence-corrected chi connectivity index (χ1v) is 9.52. The number of rotatable bonds is 4. The number of benzene rings is 1. The van der Waals surface area contributed by atoms with Crippen LogP contribution in [0.1, 0.15) is 25.7 Å². The minimum absolute atomic E-state index is 0.0215. The first-order valence-electron chi connectivity index (χ1n) is 9.15. The van der Waals surface area contributed by atoms with Crippen LogP contribution in [0.5, 0.6) is 5.75 Å². The van der Waals surface area contributed by atoms with Crippen LogP contribution < -0.4 is 4.74 Å². The van der Waals surface area contributed by atoms with E-state index in [1.807, 2.05) is 24.1 Å². The number of aromatic amines is 1. The van der Waals surface area contributed by atoms with Gasteiger partial charge in [-0.3, -0.25) is 9.69 Å². The van der Waals surface area contributed by atoms with Gasteiger partial charge < -0.3 is 9.84 Å². The standard InChI is InChI=1S/C18H22ClN5O3/c1-24-9-10-5-6-12(7-11(10)8-14(24)18(25)26)27-15-4-2-3-13(19)16(15)17-20-22-23-21-17/h2-4,10-12,14H,5-9H2,1H3,(H,25,26)(H,20,21,22,23)/t10-,11+,12-,14-/m0/s1. The zero-order chi connectivity index (χ0) is 19.0. The summed E-state index contributed by atoms with van der Waals surface area (Å²) >= 11 is 6.35. The Morgan fingerprint density at radius 3 is 2.93 bits per heavy atom. The summed E-state index contributed by atoms with van der Waals surface area (Å²) in [5, 5.41) is 24.1. The summed E-state index contributed by atoms with van der Waals surface area (Å²) in [6.07, 6.45) is 3.51. The smallest absolute Gasteiger partial charge is 0.320 e. The fourth-order valence-electron chi connectivity index (χ4n) is 4.44. The van der Waals surface area contributed by atoms with E-state index in [2.05, 4.69) is 20.6 Å². The largest absolute Gasteiger partial charge is 0.490 e. The highest BCUT2D eigenvalue weighted by Gasteiger charge is 2.41. The Morgan fingerprint density at radius 2 is 2.19 bits per heavy atom. The zero-order valence-electron chi connectivity index (χ0n) is 15.0. The first-order chi connectivity index (χ1) is 13.0. The molecule has 2 aromatic rings. The van der Waals surface area contributed by atoms with Crippen molar-refractivity contribution in [1.82, 2.24) is 25.5 Å². The lowest BCUT2D eigenvalue weighted by Gasteiger charge is -2.45. The normalized spacial score (nSPS) is 28.5. The van der Waals surface area contributed by atoms with E-state index in [4.69, 9.17) is 16.3 Å². The van der Waals surface area contributed by atoms with Gasteiger partial charge in [0.05, 0.1) is 16.7 Å². The number of tetrazole rings is 1. The third kappa shape index (κ3) is 3.64. The summed E-state index contributed by atoms with van der Waals surface area (Å²) in [6, 6.07) is 5.05. The van der Waals surface area contributed by atoms with Crippen molar-refractivity contribution >= 4 is 17.6 Å². The van der Waals surface area contributed by atoms with Gasteiger partial charge in [0.25, 0.3) is 0 Å². The maximum Gasteiger partial charge on any atom is 0.320 e. The molecule has 2 N–H and O–H groups in total. The number of nitrogens with zero attached hydrogens (tertiary/aromatic N) is 4. The van der Waals surface area contributed by atoms with Gasteiger partial charge >= 0.3 is 5.97 Å². The van der Waals surface area contributed by atoms with E-state index in [-0.39, 0.29) is 6.10 Å². The van der Waals surface area contributed by atoms with E-state index < -0.39 is 12.0 Å². The molecule has 1 saturated heterocycles. The minimum Gasteiger partial charge on any atom is -0.490 e. The molecule has 2 aliphatic rings. The number of hydrogen-bond acceptors (Lipinski definition) is 6. The molecule has 0 spiro atoms. The van der Waals surface area contributed by atoms with E-state index in [9.17, 15) is 9.90 Å². The lowest BCUT2D eigenvalue weighted by Crippen LogP contribution is -2.51. The van der Waals surface area contributed by atoms with Crippen molar-refractivity contribution in [1.29, 1.82) is 0 Å². The summed E-state index contributed by atoms with van der Waals surface area (Å²) < 4.78 is 6.30. The Bertz CT molecular complexity index is 815. The molecule has 2 fully saturated rings. The number of H-pyrrole nitrogens is 1. The second-order valence-electron chi connectivity index (χ2n) is 7.45. The van der Waals surface area contributed by atoms with Crippen LogP contribution in [0, 0.1) is 11.8 Å². The third-order valence-corrected chi connectivity index (χ3v) is 6.11. The Kier molecular flexibility index (Phi) is 5.01. The quantitative estimate of drug-likeness (QED) is 0.824. The molecule has 4 atom stereocenters. The van der Waals surface area contributed by atoms with Crippen LogP contribution in [0.15, 0.2) is 18.2 Å². The number of hydrogen-bond donors (Lipinski definition) is 2. The molecule has 144 valence electrons. The fraction of sp³-hybridized carbons (Fsp3) is 0.556. The van der Waals surface area contributed by atoms with Gasteiger partial charge in [0.15, 0.2) is 0 Å². The molecule has 1 aromatic heterocycles. The Labute approximate surface area is 161 Å². The minimum atomic E-state index is -0.742. The van der Waals surface area contributed by atoms with Crippen LogP contribution in [-0.2, 0) is 4.79 Å². The monoisotopic (exact) mass is 391 g/mol. The maximum absolute atomic E-state index is 11.5. The van der Waals surface area contributed by atoms with Gasteiger partial charge in [0.1, 0.15) is 11.8 Å². The molecule has 1 aliphatic heterocycles. The second-order valence-corrected chi connectivity index (χ2v) is 7.86. The molecule has 1 aliphatic carbocycles. The summed E-state index contributed by atoms with van der Waals surface area (Å²) in [5.74, 6) is 1.17. The number of ether oxygens (including phenoxy) is 1. The van der Waals surface area contributed by atoms with Crippen molar-refractivity contribution < 1.29 is 14.6 Å². The molecule has 0 amide bonds. The van der Waals surface area contributed by atoms with Crippen LogP contribution in [0.3, 0.4) is 0 Å². The van der Waals surface area contributed by atoms with E-state index >= 15 is 0 Å². The molecule has 0 radical (unpaired) electrons. The average Bonchev–Trinajstić information content (AvgIpc) is 3.15. The number of aromatic nitrogens is 4. The van der Waals surface area contributed by atoms with Crippen LogP contribution >= 0.6 is 11.6 Å². The van der Waals surface area contributed by atoms with Gasteiger partial charge in [-0.25, -0.2) is 0 Å². The van der Waals surface area contributed by atoms with Gasteiger partial charge in [-0.2, -0.15) is 5.21 Å². The van der Waals surface area contributed by atoms with Gasteiger partial charge in [0, 0.05) is 6.54 Å². The Balaban J connectivity index is 1.51. The topological polar surface area (TPSA) is 104 Å². The predicted octanol–water partition coefficient (Wildman–Crippen LogP) is 2.47. The molecule has 4 rings (SSSR count). The lowest BCUT2D eigenvalue weighted by atomic mass is 9.72. The maximum atomic E-state index is 11.5. The van der Waals surface area contributed by atoms with E-state index in [0.717, 1.165) is 25.8 Å². The molecular formula is C18H22ClN5O3. The summed E-state index contributed by atoms with van der Waals surface area (Å²) in [4.78, 5) is 13.5. The predicted molar refractivity (Wildman–Crippen MR) is 98.5 cm³/mol. The Hall–Kier alpha value is -2.19. The van der Waals surface area contributed by atoms with Crippen molar-refractivity contribution in [2.24, 2.45) is 11.8 Å². The number of aliphatic carboxylic acids is 1. The second kappa shape index (κ2) is 7.44. The summed E-state index contributed by atoms with van der Waals surface area (Å²) in [7, 11) is 1.90. The molecule has 9 heteroatoms. The Morgan fingerprint density at radius 1 is 1.33 bits per heavy atom. The zero-order valence-corrected chi connectivity index (χ0v) is 15.8. The van der Waals surface area contributed by atoms with E-state index in [1.165, 1.54) is 0 Å². The SMILES string of the molecule is CN1C[C@@H]2CC[C@H](Oc3cccc(Cl)c3-c3nn[nH]n3)C[C@@H]2C[C@H]1C(=O)O. The highest BCUT2D eigenvalue weighted by molar-refractivity contribution is 6.33. The van der Waals surface area contributed by atoms with E-state index in [0.29, 0.717) is 40.4 Å². The molecule has 27 heavy (non-hydrogen) atoms. The fourth-order valence-corrected chi connectivity index (χ4v) is 4.69. The number of carboxylic acid groups (broad SMARTS) is 1. The molecule has 0 bridgehead atoms. The summed E-state index contributed by atoms with van der Waals surface area (Å²) in [5.41, 5.74) is 0.627. The van der Waals surface area contributed by atoms with Crippen LogP contribution in [0.4, 0.5) is 0 Å². The van der Waals surface area contributed by atoms with Crippen molar-refractivity contribution in [2.75, 3.05) is 13.6 Å². The molecule has 1 aromatic carbocycles. The number of carbonyl (C=O) groups is 1. The van der Waals surface area contributed by atoms with Crippen molar-refractivity contribution in [3.8, 4) is 17.1 Å². The number of likely N-dealkylation sites (N-methyl/N-ethyl adjacent to an activating group) is 1. The van der Waals surface area contributed by atoms with Gasteiger partial charge in [-0.05, 0) is 61.9 Å². The highest BCUT2D eigenvalue weighted by atomic mass is 35.5. The molecule has 1 saturated carbocycles. The molecular weight excluding hydrogens is 370 g/mol. The number of likely N-dealkylation sites (tertiary alicyclic amines) is 1. The van der Waals surface area contributed by atoms with Gasteiger partial charge in [-0.15, -0.1) is 10.2 Å². The van der Waals surface area contributed by atoms with Crippen molar-refractivity contribution in [3.05, 3.63) is 23.2 Å². The molecule has 2 heterocycles. The number of fused-ring (bicyclic) bond motifs is 1. The lowest BCUT2D eigenvalue weighted by molar-refractivity contribution is -0.146. The van der Waals surface area contributed by atoms with Crippen molar-refractivity contribution in [3.63, 3.8) is 0 Å². The van der Waals surface area contributed by atoms with Gasteiger partial charge in [0.2, 0.25) is 5.82 Å². The molecule has 0 unspecified atom stereocenters. The number of halogens is 1. The van der Waals surface area contributed by atoms with E-state index in [1.54, 1.807) is 6.07 Å². The van der Waals surface area contributed by atoms with Crippen LogP contribution in [0.2, 0.25) is 5.02 Å². The number of carboxylic acids is 1. The average molecular weight is 392 g/mol. The number of piperidine rings is 1. The highest BCUT2D eigenvalue weighted by Crippen LogP contribution is 2.41. The van der Waals surface area contributed by atoms with Crippen molar-refractivity contribution in [2.45, 2.75) is 37.8 Å². The van der Waals surface area contributed by atoms with Crippen LogP contribution in [-0.4, -0.2) is 62.3 Å². The van der Waals surface area contributed by atoms with Gasteiger partial charge in [-0.1, -0.05) is 17.7 Å². The van der Waals surface area contributed by atoms with Crippen LogP contribution in [0.25, 0.3) is 11.4 Å².